The number of hydrazine groups is 1. The standard InChI is InChI=1S/C9H13N7OS/c1-15-5-7(4-11-15)18-3-2-16-6-8(13-14-16)9(17)12-10/h4-6H,2-3,10H2,1H3,(H,12,17). The molecule has 0 aliphatic carbocycles. The number of nitrogens with one attached hydrogen (secondary N) is 1. The van der Waals surface area contributed by atoms with Crippen LogP contribution in [0.1, 0.15) is 10.5 Å². The number of hydrogen-bond donors (Lipinski definition) is 2. The predicted molar refractivity (Wildman–Crippen MR) is 65.6 cm³/mol. The van der Waals surface area contributed by atoms with Gasteiger partial charge in [0.05, 0.1) is 18.9 Å². The SMILES string of the molecule is Cn1cc(SCCn2cc(C(=O)NN)nn2)cn1. The van der Waals surface area contributed by atoms with Crippen molar-refractivity contribution in [3.63, 3.8) is 0 Å². The largest absolute Gasteiger partial charge is 0.289 e. The van der Waals surface area contributed by atoms with Crippen molar-refractivity contribution in [1.82, 2.24) is 30.2 Å². The summed E-state index contributed by atoms with van der Waals surface area (Å²) in [7, 11) is 1.87. The van der Waals surface area contributed by atoms with Gasteiger partial charge in [-0.05, 0) is 0 Å². The molecule has 2 rings (SSSR count). The summed E-state index contributed by atoms with van der Waals surface area (Å²) in [6.45, 7) is 0.657. The molecule has 0 fully saturated rings. The normalized spacial score (nSPS) is 10.6. The predicted octanol–water partition coefficient (Wildman–Crippen LogP) is -0.593. The molecule has 9 heteroatoms. The third kappa shape index (κ3) is 3.08. The van der Waals surface area contributed by atoms with Crippen LogP contribution in [0.4, 0.5) is 0 Å². The van der Waals surface area contributed by atoms with Crippen molar-refractivity contribution >= 4 is 17.7 Å². The highest BCUT2D eigenvalue weighted by atomic mass is 32.2. The fraction of sp³-hybridized carbons (Fsp3) is 0.333. The van der Waals surface area contributed by atoms with Gasteiger partial charge in [0, 0.05) is 23.9 Å². The molecule has 0 bridgehead atoms. The second kappa shape index (κ2) is 5.65. The summed E-state index contributed by atoms with van der Waals surface area (Å²) in [5.41, 5.74) is 2.22. The van der Waals surface area contributed by atoms with E-state index in [0.717, 1.165) is 10.6 Å². The number of nitrogen functional groups attached to an aromatic ring is 1. The van der Waals surface area contributed by atoms with E-state index in [2.05, 4.69) is 15.4 Å². The smallest absolute Gasteiger partial charge is 0.287 e. The molecule has 96 valence electrons. The number of nitrogens with zero attached hydrogens (tertiary/aromatic N) is 5. The Hall–Kier alpha value is -1.87. The number of rotatable bonds is 5. The molecule has 18 heavy (non-hydrogen) atoms. The van der Waals surface area contributed by atoms with Gasteiger partial charge in [0.1, 0.15) is 0 Å². The fourth-order valence-electron chi connectivity index (χ4n) is 1.32. The van der Waals surface area contributed by atoms with Gasteiger partial charge < -0.3 is 0 Å². The molecule has 1 amide bonds. The van der Waals surface area contributed by atoms with Gasteiger partial charge in [0.25, 0.3) is 5.91 Å². The molecular weight excluding hydrogens is 254 g/mol. The summed E-state index contributed by atoms with van der Waals surface area (Å²) in [6.07, 6.45) is 5.31. The first-order chi connectivity index (χ1) is 8.69. The molecule has 0 aliphatic rings. The Labute approximate surface area is 107 Å². The van der Waals surface area contributed by atoms with Gasteiger partial charge in [0.15, 0.2) is 5.69 Å². The number of nitrogens with two attached hydrogens (primary N) is 1. The van der Waals surface area contributed by atoms with Crippen molar-refractivity contribution in [2.75, 3.05) is 5.75 Å². The van der Waals surface area contributed by atoms with Crippen LogP contribution in [0.3, 0.4) is 0 Å². The summed E-state index contributed by atoms with van der Waals surface area (Å²) in [5, 5.41) is 11.6. The van der Waals surface area contributed by atoms with E-state index >= 15 is 0 Å². The molecular formula is C9H13N7OS. The minimum Gasteiger partial charge on any atom is -0.289 e. The van der Waals surface area contributed by atoms with Crippen molar-refractivity contribution in [2.24, 2.45) is 12.9 Å². The zero-order chi connectivity index (χ0) is 13.0. The van der Waals surface area contributed by atoms with Crippen LogP contribution < -0.4 is 11.3 Å². The Bertz CT molecular complexity index is 535. The summed E-state index contributed by atoms with van der Waals surface area (Å²) in [6, 6.07) is 0. The number of aromatic nitrogens is 5. The third-order valence-electron chi connectivity index (χ3n) is 2.17. The zero-order valence-electron chi connectivity index (χ0n) is 9.78. The Morgan fingerprint density at radius 1 is 1.56 bits per heavy atom. The van der Waals surface area contributed by atoms with Crippen molar-refractivity contribution in [1.29, 1.82) is 0 Å². The maximum Gasteiger partial charge on any atom is 0.287 e. The summed E-state index contributed by atoms with van der Waals surface area (Å²) in [5.74, 6) is 5.38. The molecule has 2 aromatic rings. The molecule has 0 unspecified atom stereocenters. The molecule has 0 atom stereocenters. The molecule has 2 heterocycles. The highest BCUT2D eigenvalue weighted by Gasteiger charge is 2.08. The van der Waals surface area contributed by atoms with E-state index in [1.807, 2.05) is 18.7 Å². The van der Waals surface area contributed by atoms with E-state index in [-0.39, 0.29) is 5.69 Å². The van der Waals surface area contributed by atoms with E-state index in [9.17, 15) is 4.79 Å². The van der Waals surface area contributed by atoms with E-state index < -0.39 is 5.91 Å². The minimum absolute atomic E-state index is 0.212. The molecule has 0 radical (unpaired) electrons. The van der Waals surface area contributed by atoms with Crippen LogP contribution in [-0.2, 0) is 13.6 Å². The molecule has 3 N–H and O–H groups in total. The van der Waals surface area contributed by atoms with Gasteiger partial charge in [-0.15, -0.1) is 16.9 Å². The third-order valence-corrected chi connectivity index (χ3v) is 3.10. The molecule has 8 nitrogen and oxygen atoms in total. The van der Waals surface area contributed by atoms with Gasteiger partial charge in [-0.25, -0.2) is 5.84 Å². The Morgan fingerprint density at radius 3 is 3.06 bits per heavy atom. The fourth-order valence-corrected chi connectivity index (χ4v) is 2.18. The zero-order valence-corrected chi connectivity index (χ0v) is 10.6. The topological polar surface area (TPSA) is 104 Å². The van der Waals surface area contributed by atoms with Crippen molar-refractivity contribution in [2.45, 2.75) is 11.4 Å². The second-order valence-corrected chi connectivity index (χ2v) is 4.71. The van der Waals surface area contributed by atoms with Crippen LogP contribution in [-0.4, -0.2) is 36.4 Å². The lowest BCUT2D eigenvalue weighted by Gasteiger charge is -1.98. The summed E-state index contributed by atoms with van der Waals surface area (Å²) in [4.78, 5) is 12.3. The van der Waals surface area contributed by atoms with Crippen molar-refractivity contribution in [3.8, 4) is 0 Å². The van der Waals surface area contributed by atoms with Crippen LogP contribution in [0.15, 0.2) is 23.5 Å². The molecule has 0 aliphatic heterocycles. The van der Waals surface area contributed by atoms with Gasteiger partial charge in [-0.3, -0.25) is 19.6 Å². The average molecular weight is 267 g/mol. The highest BCUT2D eigenvalue weighted by Crippen LogP contribution is 2.16. The van der Waals surface area contributed by atoms with Crippen LogP contribution in [0, 0.1) is 0 Å². The first-order valence-electron chi connectivity index (χ1n) is 5.21. The van der Waals surface area contributed by atoms with Crippen LogP contribution in [0.5, 0.6) is 0 Å². The minimum atomic E-state index is -0.443. The number of carbonyl (C=O) groups is 1. The Balaban J connectivity index is 1.83. The quantitative estimate of drug-likeness (QED) is 0.325. The lowest BCUT2D eigenvalue weighted by atomic mass is 10.5. The van der Waals surface area contributed by atoms with Crippen LogP contribution in [0.25, 0.3) is 0 Å². The number of hydrogen-bond acceptors (Lipinski definition) is 6. The van der Waals surface area contributed by atoms with Gasteiger partial charge in [0.2, 0.25) is 0 Å². The van der Waals surface area contributed by atoms with E-state index in [1.165, 1.54) is 0 Å². The second-order valence-electron chi connectivity index (χ2n) is 3.54. The molecule has 0 aromatic carbocycles. The summed E-state index contributed by atoms with van der Waals surface area (Å²) >= 11 is 1.66. The number of amides is 1. The van der Waals surface area contributed by atoms with Gasteiger partial charge in [-0.2, -0.15) is 5.10 Å². The first-order valence-corrected chi connectivity index (χ1v) is 6.20. The van der Waals surface area contributed by atoms with E-state index in [4.69, 9.17) is 5.84 Å². The number of aryl methyl sites for hydroxylation is 2. The Morgan fingerprint density at radius 2 is 2.39 bits per heavy atom. The average Bonchev–Trinajstić information content (AvgIpc) is 2.98. The van der Waals surface area contributed by atoms with Gasteiger partial charge in [-0.1, -0.05) is 5.21 Å². The van der Waals surface area contributed by atoms with E-state index in [1.54, 1.807) is 33.5 Å². The monoisotopic (exact) mass is 267 g/mol. The molecule has 0 saturated heterocycles. The highest BCUT2D eigenvalue weighted by molar-refractivity contribution is 7.99. The molecule has 2 aromatic heterocycles. The van der Waals surface area contributed by atoms with E-state index in [0.29, 0.717) is 6.54 Å². The van der Waals surface area contributed by atoms with Gasteiger partial charge >= 0.3 is 0 Å². The molecule has 0 saturated carbocycles. The number of thioether (sulfide) groups is 1. The lowest BCUT2D eigenvalue weighted by Crippen LogP contribution is -2.30. The van der Waals surface area contributed by atoms with Crippen LogP contribution in [0.2, 0.25) is 0 Å². The maximum atomic E-state index is 11.2. The Kier molecular flexibility index (Phi) is 3.95. The summed E-state index contributed by atoms with van der Waals surface area (Å²) < 4.78 is 3.36. The van der Waals surface area contributed by atoms with Crippen LogP contribution >= 0.6 is 11.8 Å². The lowest BCUT2D eigenvalue weighted by molar-refractivity contribution is 0.0948. The number of carbonyl (C=O) groups excluding carboxylic acids is 1. The first kappa shape index (κ1) is 12.6. The van der Waals surface area contributed by atoms with Crippen molar-refractivity contribution < 1.29 is 4.79 Å². The molecule has 0 spiro atoms. The maximum absolute atomic E-state index is 11.2. The van der Waals surface area contributed by atoms with Crippen molar-refractivity contribution in [3.05, 3.63) is 24.3 Å².